The zero-order valence-electron chi connectivity index (χ0n) is 17.0. The first-order chi connectivity index (χ1) is 15.7. The van der Waals surface area contributed by atoms with Gasteiger partial charge < -0.3 is 9.47 Å². The van der Waals surface area contributed by atoms with E-state index in [2.05, 4.69) is 25.3 Å². The number of rotatable bonds is 5. The molecule has 0 aliphatic carbocycles. The number of carbonyl (C=O) groups excluding carboxylic acids is 2. The quantitative estimate of drug-likeness (QED) is 0.506. The summed E-state index contributed by atoms with van der Waals surface area (Å²) in [6.07, 6.45) is 10.5. The number of imidazole rings is 1. The number of aromatic nitrogens is 5. The summed E-state index contributed by atoms with van der Waals surface area (Å²) in [5, 5.41) is 3.27. The molecular weight excluding hydrogens is 426 g/mol. The predicted octanol–water partition coefficient (Wildman–Crippen LogP) is 2.63. The van der Waals surface area contributed by atoms with Crippen LogP contribution >= 0.6 is 11.3 Å². The van der Waals surface area contributed by atoms with Crippen LogP contribution in [0.1, 0.15) is 37.0 Å². The van der Waals surface area contributed by atoms with Crippen molar-refractivity contribution in [3.63, 3.8) is 0 Å². The Morgan fingerprint density at radius 1 is 1.09 bits per heavy atom. The number of hydrogen-bond acceptors (Lipinski definition) is 7. The summed E-state index contributed by atoms with van der Waals surface area (Å²) in [4.78, 5) is 44.6. The van der Waals surface area contributed by atoms with Crippen molar-refractivity contribution < 1.29 is 9.59 Å². The number of nitrogens with one attached hydrogen (secondary N) is 1. The van der Waals surface area contributed by atoms with Gasteiger partial charge in [0.2, 0.25) is 0 Å². The second kappa shape index (κ2) is 8.67. The fraction of sp³-hybridized carbons (Fsp3) is 0.182. The molecule has 0 radical (unpaired) electrons. The largest absolute Gasteiger partial charge is 0.333 e. The van der Waals surface area contributed by atoms with Crippen LogP contribution in [0.25, 0.3) is 0 Å². The van der Waals surface area contributed by atoms with Gasteiger partial charge in [0.1, 0.15) is 5.69 Å². The SMILES string of the molecule is O=C(Nc1nc2c(s1)CN(C(=O)c1ccc(Cn3ccnc3)cc1)CC2)c1cnccn1. The molecule has 32 heavy (non-hydrogen) atoms. The van der Waals surface area contributed by atoms with Crippen molar-refractivity contribution in [1.82, 2.24) is 29.4 Å². The van der Waals surface area contributed by atoms with Gasteiger partial charge in [-0.15, -0.1) is 0 Å². The van der Waals surface area contributed by atoms with Gasteiger partial charge in [-0.1, -0.05) is 23.5 Å². The van der Waals surface area contributed by atoms with Crippen molar-refractivity contribution in [2.24, 2.45) is 0 Å². The minimum atomic E-state index is -0.354. The first-order valence-electron chi connectivity index (χ1n) is 10.1. The van der Waals surface area contributed by atoms with Crippen LogP contribution in [0.4, 0.5) is 5.13 Å². The molecule has 10 heteroatoms. The van der Waals surface area contributed by atoms with E-state index in [4.69, 9.17) is 0 Å². The number of benzene rings is 1. The molecule has 0 atom stereocenters. The summed E-state index contributed by atoms with van der Waals surface area (Å²) in [6, 6.07) is 7.66. The molecule has 9 nitrogen and oxygen atoms in total. The van der Waals surface area contributed by atoms with Crippen LogP contribution in [-0.2, 0) is 19.5 Å². The molecule has 1 aliphatic rings. The van der Waals surface area contributed by atoms with E-state index in [1.807, 2.05) is 39.9 Å². The molecule has 0 spiro atoms. The van der Waals surface area contributed by atoms with E-state index in [-0.39, 0.29) is 17.5 Å². The average molecular weight is 446 g/mol. The summed E-state index contributed by atoms with van der Waals surface area (Å²) in [6.45, 7) is 1.78. The Morgan fingerprint density at radius 2 is 1.97 bits per heavy atom. The van der Waals surface area contributed by atoms with Gasteiger partial charge in [-0.05, 0) is 17.7 Å². The lowest BCUT2D eigenvalue weighted by molar-refractivity contribution is 0.0736. The lowest BCUT2D eigenvalue weighted by Gasteiger charge is -2.26. The Labute approximate surface area is 187 Å². The maximum absolute atomic E-state index is 13.0. The molecular formula is C22H19N7O2S. The lowest BCUT2D eigenvalue weighted by atomic mass is 10.1. The van der Waals surface area contributed by atoms with Crippen LogP contribution in [0, 0.1) is 0 Å². The minimum Gasteiger partial charge on any atom is -0.333 e. The van der Waals surface area contributed by atoms with E-state index in [1.165, 1.54) is 29.9 Å². The highest BCUT2D eigenvalue weighted by Gasteiger charge is 2.25. The van der Waals surface area contributed by atoms with E-state index in [1.54, 1.807) is 12.5 Å². The van der Waals surface area contributed by atoms with E-state index in [0.29, 0.717) is 36.8 Å². The number of amides is 2. The third-order valence-corrected chi connectivity index (χ3v) is 6.16. The minimum absolute atomic E-state index is 0.0108. The average Bonchev–Trinajstić information content (AvgIpc) is 3.48. The van der Waals surface area contributed by atoms with Crippen molar-refractivity contribution >= 4 is 28.3 Å². The molecule has 0 fully saturated rings. The summed E-state index contributed by atoms with van der Waals surface area (Å²) >= 11 is 1.39. The summed E-state index contributed by atoms with van der Waals surface area (Å²) < 4.78 is 1.98. The summed E-state index contributed by atoms with van der Waals surface area (Å²) in [7, 11) is 0. The van der Waals surface area contributed by atoms with Crippen LogP contribution in [0.2, 0.25) is 0 Å². The Balaban J connectivity index is 1.24. The highest BCUT2D eigenvalue weighted by Crippen LogP contribution is 2.29. The molecule has 0 saturated heterocycles. The van der Waals surface area contributed by atoms with E-state index in [9.17, 15) is 9.59 Å². The monoisotopic (exact) mass is 445 g/mol. The van der Waals surface area contributed by atoms with Crippen molar-refractivity contribution in [1.29, 1.82) is 0 Å². The molecule has 0 bridgehead atoms. The van der Waals surface area contributed by atoms with Crippen molar-refractivity contribution in [3.8, 4) is 0 Å². The molecule has 160 valence electrons. The van der Waals surface area contributed by atoms with Crippen LogP contribution in [0.5, 0.6) is 0 Å². The third-order valence-electron chi connectivity index (χ3n) is 5.16. The van der Waals surface area contributed by atoms with E-state index >= 15 is 0 Å². The molecule has 5 rings (SSSR count). The van der Waals surface area contributed by atoms with Crippen LogP contribution < -0.4 is 5.32 Å². The van der Waals surface area contributed by atoms with Gasteiger partial charge in [0.05, 0.1) is 24.8 Å². The highest BCUT2D eigenvalue weighted by molar-refractivity contribution is 7.15. The van der Waals surface area contributed by atoms with Gasteiger partial charge >= 0.3 is 0 Å². The standard InChI is InChI=1S/C22H19N7O2S/c30-20(18-11-23-6-7-25-18)27-22-26-17-5-9-29(13-19(17)32-22)21(31)16-3-1-15(2-4-16)12-28-10-8-24-14-28/h1-4,6-8,10-11,14H,5,9,12-13H2,(H,26,27,30). The zero-order chi connectivity index (χ0) is 21.9. The zero-order valence-corrected chi connectivity index (χ0v) is 17.8. The van der Waals surface area contributed by atoms with E-state index in [0.717, 1.165) is 16.1 Å². The lowest BCUT2D eigenvalue weighted by Crippen LogP contribution is -2.35. The Bertz CT molecular complexity index is 1240. The van der Waals surface area contributed by atoms with Crippen molar-refractivity contribution in [2.45, 2.75) is 19.5 Å². The fourth-order valence-electron chi connectivity index (χ4n) is 3.53. The molecule has 1 aliphatic heterocycles. The van der Waals surface area contributed by atoms with Crippen LogP contribution in [0.15, 0.2) is 61.6 Å². The third kappa shape index (κ3) is 4.26. The molecule has 0 unspecified atom stereocenters. The number of nitrogens with zero attached hydrogens (tertiary/aromatic N) is 6. The number of carbonyl (C=O) groups is 2. The van der Waals surface area contributed by atoms with Gasteiger partial charge in [0, 0.05) is 54.7 Å². The van der Waals surface area contributed by atoms with Crippen LogP contribution in [0.3, 0.4) is 0 Å². The van der Waals surface area contributed by atoms with Crippen molar-refractivity contribution in [2.75, 3.05) is 11.9 Å². The molecule has 1 N–H and O–H groups in total. The van der Waals surface area contributed by atoms with Gasteiger partial charge in [-0.3, -0.25) is 19.9 Å². The Hall–Kier alpha value is -3.92. The molecule has 3 aromatic heterocycles. The molecule has 4 heterocycles. The highest BCUT2D eigenvalue weighted by atomic mass is 32.1. The number of hydrogen-bond donors (Lipinski definition) is 1. The first kappa shape index (κ1) is 20.0. The number of fused-ring (bicyclic) bond motifs is 1. The van der Waals surface area contributed by atoms with Crippen molar-refractivity contribution in [3.05, 3.63) is 89.0 Å². The Morgan fingerprint density at radius 3 is 2.72 bits per heavy atom. The fourth-order valence-corrected chi connectivity index (χ4v) is 4.55. The Kier molecular flexibility index (Phi) is 5.42. The first-order valence-corrected chi connectivity index (χ1v) is 10.9. The molecule has 2 amide bonds. The summed E-state index contributed by atoms with van der Waals surface area (Å²) in [5.74, 6) is -0.365. The topological polar surface area (TPSA) is 106 Å². The van der Waals surface area contributed by atoms with Gasteiger partial charge in [-0.2, -0.15) is 0 Å². The summed E-state index contributed by atoms with van der Waals surface area (Å²) in [5.41, 5.74) is 2.91. The smallest absolute Gasteiger partial charge is 0.277 e. The van der Waals surface area contributed by atoms with E-state index < -0.39 is 0 Å². The van der Waals surface area contributed by atoms with Crippen LogP contribution in [-0.4, -0.2) is 47.8 Å². The molecule has 4 aromatic rings. The van der Waals surface area contributed by atoms with Gasteiger partial charge in [0.15, 0.2) is 5.13 Å². The maximum atomic E-state index is 13.0. The second-order valence-corrected chi connectivity index (χ2v) is 8.43. The maximum Gasteiger partial charge on any atom is 0.277 e. The number of anilines is 1. The number of thiazole rings is 1. The molecule has 1 aromatic carbocycles. The van der Waals surface area contributed by atoms with Gasteiger partial charge in [0.25, 0.3) is 11.8 Å². The normalized spacial score (nSPS) is 12.9. The predicted molar refractivity (Wildman–Crippen MR) is 118 cm³/mol. The second-order valence-electron chi connectivity index (χ2n) is 7.34. The molecule has 0 saturated carbocycles. The van der Waals surface area contributed by atoms with Gasteiger partial charge in [-0.25, -0.2) is 15.0 Å².